The predicted octanol–water partition coefficient (Wildman–Crippen LogP) is 4.36. The Kier molecular flexibility index (Phi) is 4.85. The van der Waals surface area contributed by atoms with Crippen molar-refractivity contribution in [1.29, 1.82) is 5.26 Å². The van der Waals surface area contributed by atoms with Gasteiger partial charge in [0.2, 0.25) is 0 Å². The summed E-state index contributed by atoms with van der Waals surface area (Å²) in [5.41, 5.74) is 1.66. The normalized spacial score (nSPS) is 11.5. The third kappa shape index (κ3) is 3.75. The van der Waals surface area contributed by atoms with E-state index in [1.165, 1.54) is 0 Å². The zero-order chi connectivity index (χ0) is 15.4. The maximum atomic E-state index is 12.2. The zero-order valence-electron chi connectivity index (χ0n) is 11.2. The number of benzene rings is 2. The van der Waals surface area contributed by atoms with Crippen LogP contribution in [0.2, 0.25) is 10.0 Å². The van der Waals surface area contributed by atoms with E-state index in [2.05, 4.69) is 5.32 Å². The maximum absolute atomic E-state index is 12.2. The van der Waals surface area contributed by atoms with Crippen molar-refractivity contribution in [3.63, 3.8) is 0 Å². The molecule has 1 N–H and O–H groups in total. The average Bonchev–Trinajstić information content (AvgIpc) is 2.47. The first-order valence-electron chi connectivity index (χ1n) is 6.27. The molecule has 0 fully saturated rings. The highest BCUT2D eigenvalue weighted by Crippen LogP contribution is 2.26. The monoisotopic (exact) mass is 318 g/mol. The van der Waals surface area contributed by atoms with E-state index < -0.39 is 0 Å². The van der Waals surface area contributed by atoms with Gasteiger partial charge in [-0.15, -0.1) is 0 Å². The second-order valence-corrected chi connectivity index (χ2v) is 5.40. The molecule has 0 saturated carbocycles. The summed E-state index contributed by atoms with van der Waals surface area (Å²) in [7, 11) is 0. The minimum atomic E-state index is -0.270. The van der Waals surface area contributed by atoms with E-state index >= 15 is 0 Å². The second kappa shape index (κ2) is 6.62. The number of nitriles is 1. The van der Waals surface area contributed by atoms with Crippen molar-refractivity contribution in [2.24, 2.45) is 0 Å². The lowest BCUT2D eigenvalue weighted by atomic mass is 10.1. The van der Waals surface area contributed by atoms with Crippen LogP contribution >= 0.6 is 23.2 Å². The summed E-state index contributed by atoms with van der Waals surface area (Å²) < 4.78 is 0. The molecule has 0 aliphatic rings. The topological polar surface area (TPSA) is 52.9 Å². The van der Waals surface area contributed by atoms with Gasteiger partial charge in [0.15, 0.2) is 0 Å². The molecular formula is C16H12Cl2N2O. The van der Waals surface area contributed by atoms with Gasteiger partial charge in [-0.2, -0.15) is 5.26 Å². The largest absolute Gasteiger partial charge is 0.345 e. The summed E-state index contributed by atoms with van der Waals surface area (Å²) in [5.74, 6) is -0.259. The van der Waals surface area contributed by atoms with Crippen LogP contribution in [0.3, 0.4) is 0 Å². The number of carbonyl (C=O) groups is 1. The first-order chi connectivity index (χ1) is 10.0. The molecule has 2 rings (SSSR count). The van der Waals surface area contributed by atoms with Crippen LogP contribution in [0.25, 0.3) is 0 Å². The summed E-state index contributed by atoms with van der Waals surface area (Å²) in [6, 6.07) is 13.4. The predicted molar refractivity (Wildman–Crippen MR) is 83.5 cm³/mol. The SMILES string of the molecule is C[C@@H](NC(=O)c1cccc(C#N)c1)c1ccc(Cl)cc1Cl. The van der Waals surface area contributed by atoms with Crippen molar-refractivity contribution in [1.82, 2.24) is 5.32 Å². The van der Waals surface area contributed by atoms with Gasteiger partial charge in [-0.1, -0.05) is 35.3 Å². The third-order valence-electron chi connectivity index (χ3n) is 3.03. The third-order valence-corrected chi connectivity index (χ3v) is 3.59. The molecule has 2 aromatic rings. The lowest BCUT2D eigenvalue weighted by molar-refractivity contribution is 0.0940. The summed E-state index contributed by atoms with van der Waals surface area (Å²) in [4.78, 5) is 12.2. The fraction of sp³-hybridized carbons (Fsp3) is 0.125. The molecule has 0 aliphatic carbocycles. The molecule has 0 heterocycles. The van der Waals surface area contributed by atoms with E-state index in [0.717, 1.165) is 5.56 Å². The van der Waals surface area contributed by atoms with Gasteiger partial charge in [0, 0.05) is 15.6 Å². The quantitative estimate of drug-likeness (QED) is 0.914. The standard InChI is InChI=1S/C16H12Cl2N2O/c1-10(14-6-5-13(17)8-15(14)18)20-16(21)12-4-2-3-11(7-12)9-19/h2-8,10H,1H3,(H,20,21)/t10-/m1/s1. The van der Waals surface area contributed by atoms with Crippen molar-refractivity contribution in [2.45, 2.75) is 13.0 Å². The Hall–Kier alpha value is -2.02. The molecule has 1 atom stereocenters. The van der Waals surface area contributed by atoms with Crippen molar-refractivity contribution < 1.29 is 4.79 Å². The molecule has 1 amide bonds. The van der Waals surface area contributed by atoms with Crippen LogP contribution in [0.5, 0.6) is 0 Å². The van der Waals surface area contributed by atoms with Crippen molar-refractivity contribution in [3.05, 3.63) is 69.2 Å². The smallest absolute Gasteiger partial charge is 0.251 e. The fourth-order valence-electron chi connectivity index (χ4n) is 1.94. The van der Waals surface area contributed by atoms with Gasteiger partial charge < -0.3 is 5.32 Å². The lowest BCUT2D eigenvalue weighted by Gasteiger charge is -2.16. The molecule has 0 aliphatic heterocycles. The van der Waals surface area contributed by atoms with Gasteiger partial charge in [0.1, 0.15) is 0 Å². The summed E-state index contributed by atoms with van der Waals surface area (Å²) in [6.45, 7) is 1.83. The Balaban J connectivity index is 2.17. The number of hydrogen-bond donors (Lipinski definition) is 1. The first kappa shape index (κ1) is 15.4. The number of hydrogen-bond acceptors (Lipinski definition) is 2. The molecular weight excluding hydrogens is 307 g/mol. The van der Waals surface area contributed by atoms with Crippen molar-refractivity contribution in [3.8, 4) is 6.07 Å². The van der Waals surface area contributed by atoms with Gasteiger partial charge in [-0.05, 0) is 42.8 Å². The van der Waals surface area contributed by atoms with Crippen molar-refractivity contribution in [2.75, 3.05) is 0 Å². The van der Waals surface area contributed by atoms with E-state index in [1.807, 2.05) is 13.0 Å². The number of halogens is 2. The maximum Gasteiger partial charge on any atom is 0.251 e. The van der Waals surface area contributed by atoms with E-state index in [9.17, 15) is 4.79 Å². The molecule has 5 heteroatoms. The molecule has 0 unspecified atom stereocenters. The van der Waals surface area contributed by atoms with Crippen LogP contribution in [0.1, 0.15) is 34.5 Å². The van der Waals surface area contributed by atoms with Gasteiger partial charge >= 0.3 is 0 Å². The molecule has 0 aromatic heterocycles. The minimum Gasteiger partial charge on any atom is -0.345 e. The second-order valence-electron chi connectivity index (χ2n) is 4.55. The zero-order valence-corrected chi connectivity index (χ0v) is 12.7. The first-order valence-corrected chi connectivity index (χ1v) is 7.03. The molecule has 21 heavy (non-hydrogen) atoms. The number of nitrogens with one attached hydrogen (secondary N) is 1. The Morgan fingerprint density at radius 1 is 1.24 bits per heavy atom. The van der Waals surface area contributed by atoms with E-state index in [-0.39, 0.29) is 11.9 Å². The number of amides is 1. The molecule has 3 nitrogen and oxygen atoms in total. The Morgan fingerprint density at radius 3 is 2.67 bits per heavy atom. The highest BCUT2D eigenvalue weighted by atomic mass is 35.5. The summed E-state index contributed by atoms with van der Waals surface area (Å²) in [5, 5.41) is 12.7. The summed E-state index contributed by atoms with van der Waals surface area (Å²) in [6.07, 6.45) is 0. The van der Waals surface area contributed by atoms with Crippen LogP contribution in [0.4, 0.5) is 0 Å². The van der Waals surface area contributed by atoms with Crippen molar-refractivity contribution >= 4 is 29.1 Å². The van der Waals surface area contributed by atoms with E-state index in [0.29, 0.717) is 21.2 Å². The highest BCUT2D eigenvalue weighted by Gasteiger charge is 2.14. The molecule has 0 saturated heterocycles. The Bertz CT molecular complexity index is 722. The molecule has 0 bridgehead atoms. The fourth-order valence-corrected chi connectivity index (χ4v) is 2.51. The Labute approximate surface area is 133 Å². The van der Waals surface area contributed by atoms with Crippen LogP contribution in [-0.4, -0.2) is 5.91 Å². The Morgan fingerprint density at radius 2 is 2.00 bits per heavy atom. The molecule has 0 radical (unpaired) electrons. The number of rotatable bonds is 3. The van der Waals surface area contributed by atoms with Crippen LogP contribution in [0.15, 0.2) is 42.5 Å². The van der Waals surface area contributed by atoms with Crippen LogP contribution in [0, 0.1) is 11.3 Å². The molecule has 2 aromatic carbocycles. The van der Waals surface area contributed by atoms with Gasteiger partial charge in [-0.3, -0.25) is 4.79 Å². The van der Waals surface area contributed by atoms with Gasteiger partial charge in [0.05, 0.1) is 17.7 Å². The molecule has 0 spiro atoms. The minimum absolute atomic E-state index is 0.259. The van der Waals surface area contributed by atoms with E-state index in [1.54, 1.807) is 42.5 Å². The summed E-state index contributed by atoms with van der Waals surface area (Å²) >= 11 is 12.0. The van der Waals surface area contributed by atoms with Crippen LogP contribution < -0.4 is 5.32 Å². The molecule has 106 valence electrons. The van der Waals surface area contributed by atoms with Gasteiger partial charge in [0.25, 0.3) is 5.91 Å². The number of nitrogens with zero attached hydrogens (tertiary/aromatic N) is 1. The number of carbonyl (C=O) groups excluding carboxylic acids is 1. The van der Waals surface area contributed by atoms with Gasteiger partial charge in [-0.25, -0.2) is 0 Å². The lowest BCUT2D eigenvalue weighted by Crippen LogP contribution is -2.26. The van der Waals surface area contributed by atoms with Crippen LogP contribution in [-0.2, 0) is 0 Å². The average molecular weight is 319 g/mol. The van der Waals surface area contributed by atoms with E-state index in [4.69, 9.17) is 28.5 Å². The highest BCUT2D eigenvalue weighted by molar-refractivity contribution is 6.35.